The number of benzene rings is 5. The van der Waals surface area contributed by atoms with Crippen LogP contribution in [0.2, 0.25) is 5.04 Å². The van der Waals surface area contributed by atoms with Crippen molar-refractivity contribution < 1.29 is 33.2 Å². The lowest BCUT2D eigenvalue weighted by Gasteiger charge is -2.45. The predicted molar refractivity (Wildman–Crippen MR) is 219 cm³/mol. The molecule has 8 nitrogen and oxygen atoms in total. The molecular weight excluding hydrogens is 722 g/mol. The van der Waals surface area contributed by atoms with Crippen molar-refractivity contribution in [2.45, 2.75) is 44.8 Å². The Morgan fingerprint density at radius 2 is 1.41 bits per heavy atom. The molecule has 4 atom stereocenters. The fraction of sp³-hybridized carbons (Fsp3) is 0.244. The average molecular weight is 767 g/mol. The van der Waals surface area contributed by atoms with Crippen LogP contribution in [-0.4, -0.2) is 44.0 Å². The van der Waals surface area contributed by atoms with Crippen LogP contribution >= 0.6 is 0 Å². The Morgan fingerprint density at radius 3 is 2.00 bits per heavy atom. The highest BCUT2D eigenvalue weighted by molar-refractivity contribution is 6.99. The fourth-order valence-electron chi connectivity index (χ4n) is 9.08. The van der Waals surface area contributed by atoms with Gasteiger partial charge in [-0.2, -0.15) is 0 Å². The Kier molecular flexibility index (Phi) is 10.0. The van der Waals surface area contributed by atoms with Crippen LogP contribution in [0.1, 0.15) is 45.3 Å². The summed E-state index contributed by atoms with van der Waals surface area (Å²) in [4.78, 5) is 30.4. The third kappa shape index (κ3) is 6.68. The molecule has 2 fully saturated rings. The molecule has 8 rings (SSSR count). The Morgan fingerprint density at radius 1 is 0.821 bits per heavy atom. The Bertz CT molecular complexity index is 2230. The quantitative estimate of drug-likeness (QED) is 0.106. The molecule has 3 N–H and O–H groups in total. The largest absolute Gasteiger partial charge is 0.505 e. The number of rotatable bonds is 9. The first kappa shape index (κ1) is 37.6. The van der Waals surface area contributed by atoms with Gasteiger partial charge in [-0.05, 0) is 99.3 Å². The molecular formula is C45H44BFN2O6Si. The van der Waals surface area contributed by atoms with Gasteiger partial charge in [-0.15, -0.1) is 0 Å². The zero-order chi connectivity index (χ0) is 39.2. The number of fused-ring (bicyclic) bond motifs is 3. The van der Waals surface area contributed by atoms with Crippen LogP contribution in [0.3, 0.4) is 0 Å². The molecule has 0 saturated carbocycles. The number of nitrogens with zero attached hydrogens (tertiary/aromatic N) is 1. The van der Waals surface area contributed by atoms with E-state index >= 15 is 0 Å². The first-order chi connectivity index (χ1) is 27.0. The maximum absolute atomic E-state index is 14.6. The second kappa shape index (κ2) is 15.0. The molecule has 0 unspecified atom stereocenters. The van der Waals surface area contributed by atoms with Crippen LogP contribution in [0, 0.1) is 23.6 Å². The van der Waals surface area contributed by atoms with Crippen LogP contribution in [-0.2, 0) is 18.7 Å². The topological polar surface area (TPSA) is 108 Å². The summed E-state index contributed by atoms with van der Waals surface area (Å²) >= 11 is 0. The van der Waals surface area contributed by atoms with Crippen LogP contribution in [0.4, 0.5) is 21.5 Å². The number of phenolic OH excluding ortho intramolecular Hbond substituents is 1. The molecule has 2 aliphatic heterocycles. The third-order valence-electron chi connectivity index (χ3n) is 11.6. The first-order valence-electron chi connectivity index (χ1n) is 19.0. The van der Waals surface area contributed by atoms with Gasteiger partial charge >= 0.3 is 7.12 Å². The molecule has 56 heavy (non-hydrogen) atoms. The van der Waals surface area contributed by atoms with E-state index in [9.17, 15) is 24.1 Å². The Balaban J connectivity index is 1.18. The minimum atomic E-state index is -3.04. The number of hydrogen-bond donors (Lipinski definition) is 3. The molecule has 2 saturated heterocycles. The number of carbonyl (C=O) groups is 2. The minimum Gasteiger partial charge on any atom is -0.505 e. The standard InChI is InChI=1S/C45H44BFN2O6Si/c1-45(2,3)56(34-15-9-5-10-16-34,35-17-11-6-12-18-35)54-28-30-25-37-41(36-27-40(55-46(53)42(30)36)29-19-24-39(50)38(47)26-29)44(52)49(43(37)51)33-22-20-32(21-23-33)48-31-13-7-4-8-14-31/h4-24,26,36-37,40-41,48,50,53H,25,27-28H2,1-3H3/t36-,37-,40-,41+/m0/s1. The summed E-state index contributed by atoms with van der Waals surface area (Å²) in [5, 5.41) is 27.0. The van der Waals surface area contributed by atoms with Gasteiger partial charge in [-0.25, -0.2) is 4.39 Å². The molecule has 2 amide bonds. The number of halogens is 1. The number of anilines is 3. The van der Waals surface area contributed by atoms with Gasteiger partial charge in [0, 0.05) is 11.4 Å². The Labute approximate surface area is 327 Å². The van der Waals surface area contributed by atoms with Gasteiger partial charge < -0.3 is 24.5 Å². The van der Waals surface area contributed by atoms with E-state index in [1.54, 1.807) is 18.2 Å². The maximum atomic E-state index is 14.6. The van der Waals surface area contributed by atoms with Crippen LogP contribution < -0.4 is 20.6 Å². The molecule has 0 spiro atoms. The van der Waals surface area contributed by atoms with E-state index in [0.717, 1.165) is 27.3 Å². The highest BCUT2D eigenvalue weighted by atomic mass is 28.4. The predicted octanol–water partition coefficient (Wildman–Crippen LogP) is 7.45. The van der Waals surface area contributed by atoms with Gasteiger partial charge in [0.05, 0.1) is 30.2 Å². The molecule has 1 aliphatic carbocycles. The van der Waals surface area contributed by atoms with Crippen molar-refractivity contribution in [3.05, 3.63) is 156 Å². The summed E-state index contributed by atoms with van der Waals surface area (Å²) < 4.78 is 28.2. The zero-order valence-electron chi connectivity index (χ0n) is 31.6. The average Bonchev–Trinajstić information content (AvgIpc) is 3.45. The number of allylic oxidation sites excluding steroid dienone is 1. The van der Waals surface area contributed by atoms with E-state index in [-0.39, 0.29) is 36.3 Å². The molecule has 5 aromatic rings. The van der Waals surface area contributed by atoms with E-state index in [1.807, 2.05) is 78.9 Å². The smallest absolute Gasteiger partial charge is 0.487 e. The maximum Gasteiger partial charge on any atom is 0.487 e. The van der Waals surface area contributed by atoms with Crippen LogP contribution in [0.5, 0.6) is 5.75 Å². The lowest BCUT2D eigenvalue weighted by molar-refractivity contribution is -0.123. The molecule has 2 heterocycles. The van der Waals surface area contributed by atoms with Gasteiger partial charge in [-0.3, -0.25) is 14.5 Å². The van der Waals surface area contributed by atoms with Crippen molar-refractivity contribution in [3.63, 3.8) is 0 Å². The molecule has 5 aromatic carbocycles. The number of hydrogen-bond acceptors (Lipinski definition) is 7. The highest BCUT2D eigenvalue weighted by Gasteiger charge is 2.59. The number of phenols is 1. The van der Waals surface area contributed by atoms with Crippen LogP contribution in [0.15, 0.2) is 145 Å². The zero-order valence-corrected chi connectivity index (χ0v) is 32.6. The van der Waals surface area contributed by atoms with Crippen molar-refractivity contribution in [1.29, 1.82) is 0 Å². The minimum absolute atomic E-state index is 0.114. The number of aromatic hydroxyl groups is 1. The van der Waals surface area contributed by atoms with Crippen molar-refractivity contribution in [2.24, 2.45) is 17.8 Å². The lowest BCUT2D eigenvalue weighted by atomic mass is 9.55. The highest BCUT2D eigenvalue weighted by Crippen LogP contribution is 2.52. The third-order valence-corrected chi connectivity index (χ3v) is 16.6. The molecule has 11 heteroatoms. The summed E-state index contributed by atoms with van der Waals surface area (Å²) in [6, 6.07) is 41.4. The summed E-state index contributed by atoms with van der Waals surface area (Å²) in [5.74, 6) is -4.05. The van der Waals surface area contributed by atoms with Gasteiger partial charge in [0.15, 0.2) is 11.6 Å². The molecule has 0 radical (unpaired) electrons. The van der Waals surface area contributed by atoms with Crippen molar-refractivity contribution in [2.75, 3.05) is 16.8 Å². The molecule has 3 aliphatic rings. The van der Waals surface area contributed by atoms with Gasteiger partial charge in [-0.1, -0.05) is 106 Å². The summed E-state index contributed by atoms with van der Waals surface area (Å²) in [7, 11) is -4.48. The number of nitrogens with one attached hydrogen (secondary N) is 1. The second-order valence-corrected chi connectivity index (χ2v) is 20.2. The van der Waals surface area contributed by atoms with E-state index in [2.05, 4.69) is 50.4 Å². The van der Waals surface area contributed by atoms with Crippen molar-refractivity contribution in [1.82, 2.24) is 0 Å². The summed E-state index contributed by atoms with van der Waals surface area (Å²) in [5.41, 5.74) is 3.87. The molecule has 284 valence electrons. The number of carbonyl (C=O) groups excluding carboxylic acids is 2. The first-order valence-corrected chi connectivity index (χ1v) is 21.0. The lowest BCUT2D eigenvalue weighted by Crippen LogP contribution is -2.66. The SMILES string of the molecule is CC(C)(C)[Si](OCC1=C2B(O)O[C@H](c3ccc(O)c(F)c3)C[C@H]2[C@H]2C(=O)N(c3ccc(Nc4ccccc4)cc3)C(=O)[C@H]2C1)(c1ccccc1)c1ccccc1. The monoisotopic (exact) mass is 766 g/mol. The number of para-hydroxylation sites is 1. The Hall–Kier alpha value is -5.33. The van der Waals surface area contributed by atoms with Gasteiger partial charge in [0.2, 0.25) is 11.8 Å². The fourth-order valence-corrected chi connectivity index (χ4v) is 13.6. The summed E-state index contributed by atoms with van der Waals surface area (Å²) in [6.07, 6.45) is -0.373. The second-order valence-electron chi connectivity index (χ2n) is 15.9. The van der Waals surface area contributed by atoms with E-state index in [4.69, 9.17) is 9.08 Å². The summed E-state index contributed by atoms with van der Waals surface area (Å²) in [6.45, 7) is 6.68. The molecule has 0 bridgehead atoms. The number of imide groups is 1. The van der Waals surface area contributed by atoms with Crippen molar-refractivity contribution >= 4 is 54.7 Å². The van der Waals surface area contributed by atoms with Crippen molar-refractivity contribution in [3.8, 4) is 5.75 Å². The van der Waals surface area contributed by atoms with E-state index in [0.29, 0.717) is 16.7 Å². The normalized spacial score (nSPS) is 21.2. The molecule has 0 aromatic heterocycles. The number of amides is 2. The van der Waals surface area contributed by atoms with E-state index < -0.39 is 50.9 Å². The van der Waals surface area contributed by atoms with Crippen LogP contribution in [0.25, 0.3) is 0 Å². The van der Waals surface area contributed by atoms with E-state index in [1.165, 1.54) is 17.0 Å². The van der Waals surface area contributed by atoms with Gasteiger partial charge in [0.25, 0.3) is 8.32 Å². The van der Waals surface area contributed by atoms with Gasteiger partial charge in [0.1, 0.15) is 0 Å².